The number of nitrogens with zero attached hydrogens (tertiary/aromatic N) is 3. The van der Waals surface area contributed by atoms with E-state index >= 15 is 0 Å². The smallest absolute Gasteiger partial charge is 0.227 e. The zero-order chi connectivity index (χ0) is 15.3. The Bertz CT molecular complexity index is 881. The molecule has 0 unspecified atom stereocenters. The Balaban J connectivity index is 1.97. The van der Waals surface area contributed by atoms with Gasteiger partial charge in [0.2, 0.25) is 5.71 Å². The Morgan fingerprint density at radius 2 is 2.05 bits per heavy atom. The largest absolute Gasteiger partial charge is 0.435 e. The molecular formula is C18H19N3O. The molecule has 112 valence electrons. The summed E-state index contributed by atoms with van der Waals surface area (Å²) in [5.74, 6) is 0. The normalized spacial score (nSPS) is 18.0. The molecule has 1 aliphatic heterocycles. The van der Waals surface area contributed by atoms with E-state index in [0.29, 0.717) is 5.71 Å². The third kappa shape index (κ3) is 1.73. The molecule has 0 amide bonds. The first kappa shape index (κ1) is 13.2. The summed E-state index contributed by atoms with van der Waals surface area (Å²) in [7, 11) is 0. The number of fused-ring (bicyclic) bond motifs is 3. The number of aromatic nitrogens is 1. The van der Waals surface area contributed by atoms with Crippen molar-refractivity contribution in [3.63, 3.8) is 0 Å². The standard InChI is InChI=1S/C18H19N3O/c1-4-20-10-11-21(13(20)3)16-12(2)7-8-14-15-6-5-9-19-18(15)22-17(14)16/h5-11,13H,4H2,1-3H3/t13-/m0/s1. The van der Waals surface area contributed by atoms with Gasteiger partial charge in [-0.3, -0.25) is 0 Å². The van der Waals surface area contributed by atoms with Crippen LogP contribution in [0.5, 0.6) is 0 Å². The van der Waals surface area contributed by atoms with Crippen LogP contribution in [0.3, 0.4) is 0 Å². The second kappa shape index (κ2) is 4.77. The summed E-state index contributed by atoms with van der Waals surface area (Å²) in [4.78, 5) is 8.94. The zero-order valence-electron chi connectivity index (χ0n) is 13.1. The highest BCUT2D eigenvalue weighted by Gasteiger charge is 2.26. The van der Waals surface area contributed by atoms with E-state index in [2.05, 4.69) is 66.2 Å². The molecule has 2 aromatic heterocycles. The van der Waals surface area contributed by atoms with Crippen LogP contribution in [0.15, 0.2) is 47.3 Å². The van der Waals surface area contributed by atoms with Crippen molar-refractivity contribution in [3.8, 4) is 0 Å². The second-order valence-corrected chi connectivity index (χ2v) is 5.73. The summed E-state index contributed by atoms with van der Waals surface area (Å²) in [6.07, 6.45) is 6.34. The molecule has 0 fully saturated rings. The monoisotopic (exact) mass is 293 g/mol. The van der Waals surface area contributed by atoms with Crippen molar-refractivity contribution in [2.24, 2.45) is 0 Å². The van der Waals surface area contributed by atoms with Gasteiger partial charge >= 0.3 is 0 Å². The Morgan fingerprint density at radius 3 is 2.82 bits per heavy atom. The van der Waals surface area contributed by atoms with Gasteiger partial charge in [0, 0.05) is 35.9 Å². The molecule has 0 spiro atoms. The van der Waals surface area contributed by atoms with Crippen LogP contribution in [-0.4, -0.2) is 22.6 Å². The summed E-state index contributed by atoms with van der Waals surface area (Å²) in [5, 5.41) is 2.20. The van der Waals surface area contributed by atoms with Crippen LogP contribution in [-0.2, 0) is 0 Å². The van der Waals surface area contributed by atoms with Crippen LogP contribution in [0.4, 0.5) is 5.69 Å². The predicted octanol–water partition coefficient (Wildman–Crippen LogP) is 4.25. The maximum atomic E-state index is 6.09. The first-order valence-corrected chi connectivity index (χ1v) is 7.70. The third-order valence-corrected chi connectivity index (χ3v) is 4.52. The van der Waals surface area contributed by atoms with Gasteiger partial charge in [-0.05, 0) is 38.5 Å². The van der Waals surface area contributed by atoms with Crippen molar-refractivity contribution < 1.29 is 4.42 Å². The quantitative estimate of drug-likeness (QED) is 0.707. The second-order valence-electron chi connectivity index (χ2n) is 5.73. The van der Waals surface area contributed by atoms with E-state index < -0.39 is 0 Å². The Kier molecular flexibility index (Phi) is 2.86. The lowest BCUT2D eigenvalue weighted by Crippen LogP contribution is -2.36. The highest BCUT2D eigenvalue weighted by atomic mass is 16.3. The third-order valence-electron chi connectivity index (χ3n) is 4.52. The van der Waals surface area contributed by atoms with E-state index in [4.69, 9.17) is 4.42 Å². The average molecular weight is 293 g/mol. The van der Waals surface area contributed by atoms with Crippen molar-refractivity contribution in [1.82, 2.24) is 9.88 Å². The number of pyridine rings is 1. The number of rotatable bonds is 2. The van der Waals surface area contributed by atoms with Gasteiger partial charge in [0.05, 0.1) is 5.69 Å². The van der Waals surface area contributed by atoms with Crippen LogP contribution in [0.2, 0.25) is 0 Å². The van der Waals surface area contributed by atoms with E-state index in [1.165, 1.54) is 5.56 Å². The lowest BCUT2D eigenvalue weighted by Gasteiger charge is -2.29. The van der Waals surface area contributed by atoms with Gasteiger partial charge in [-0.1, -0.05) is 12.1 Å². The van der Waals surface area contributed by atoms with Crippen LogP contribution in [0.25, 0.3) is 22.1 Å². The molecule has 0 bridgehead atoms. The molecule has 4 heteroatoms. The molecule has 0 saturated carbocycles. The molecule has 3 heterocycles. The van der Waals surface area contributed by atoms with Crippen LogP contribution >= 0.6 is 0 Å². The maximum absolute atomic E-state index is 6.09. The van der Waals surface area contributed by atoms with Crippen LogP contribution in [0.1, 0.15) is 19.4 Å². The molecule has 4 rings (SSSR count). The van der Waals surface area contributed by atoms with Gasteiger partial charge in [0.1, 0.15) is 6.17 Å². The minimum atomic E-state index is 0.287. The fourth-order valence-electron chi connectivity index (χ4n) is 3.28. The lowest BCUT2D eigenvalue weighted by atomic mass is 10.1. The van der Waals surface area contributed by atoms with Crippen LogP contribution < -0.4 is 4.90 Å². The zero-order valence-corrected chi connectivity index (χ0v) is 13.1. The topological polar surface area (TPSA) is 32.5 Å². The summed E-state index contributed by atoms with van der Waals surface area (Å²) < 4.78 is 6.09. The van der Waals surface area contributed by atoms with Crippen molar-refractivity contribution in [2.45, 2.75) is 26.9 Å². The van der Waals surface area contributed by atoms with Gasteiger partial charge < -0.3 is 14.2 Å². The van der Waals surface area contributed by atoms with Gasteiger partial charge in [-0.15, -0.1) is 0 Å². The Hall–Kier alpha value is -2.49. The lowest BCUT2D eigenvalue weighted by molar-refractivity contribution is 0.334. The summed E-state index contributed by atoms with van der Waals surface area (Å²) in [5.41, 5.74) is 3.96. The van der Waals surface area contributed by atoms with Crippen LogP contribution in [0, 0.1) is 6.92 Å². The summed E-state index contributed by atoms with van der Waals surface area (Å²) in [6, 6.07) is 8.31. The maximum Gasteiger partial charge on any atom is 0.227 e. The fraction of sp³-hybridized carbons (Fsp3) is 0.278. The number of hydrogen-bond acceptors (Lipinski definition) is 4. The minimum absolute atomic E-state index is 0.287. The Labute approximate surface area is 129 Å². The number of aryl methyl sites for hydroxylation is 1. The molecular weight excluding hydrogens is 274 g/mol. The summed E-state index contributed by atoms with van der Waals surface area (Å²) >= 11 is 0. The van der Waals surface area contributed by atoms with Gasteiger partial charge in [0.25, 0.3) is 0 Å². The average Bonchev–Trinajstić information content (AvgIpc) is 3.08. The molecule has 22 heavy (non-hydrogen) atoms. The molecule has 0 N–H and O–H groups in total. The highest BCUT2D eigenvalue weighted by molar-refractivity contribution is 6.08. The first-order valence-electron chi connectivity index (χ1n) is 7.70. The van der Waals surface area contributed by atoms with Gasteiger partial charge in [0.15, 0.2) is 5.58 Å². The van der Waals surface area contributed by atoms with Crippen molar-refractivity contribution in [1.29, 1.82) is 0 Å². The predicted molar refractivity (Wildman–Crippen MR) is 89.7 cm³/mol. The molecule has 1 aromatic carbocycles. The number of anilines is 1. The minimum Gasteiger partial charge on any atom is -0.435 e. The first-order chi connectivity index (χ1) is 10.7. The Morgan fingerprint density at radius 1 is 1.18 bits per heavy atom. The SMILES string of the molecule is CCN1C=CN(c2c(C)ccc3c2oc2ncccc23)[C@H]1C. The van der Waals surface area contributed by atoms with Gasteiger partial charge in [-0.2, -0.15) is 0 Å². The molecule has 1 atom stereocenters. The molecule has 0 radical (unpaired) electrons. The molecule has 1 aliphatic rings. The van der Waals surface area contributed by atoms with E-state index in [-0.39, 0.29) is 6.17 Å². The van der Waals surface area contributed by atoms with Crippen molar-refractivity contribution in [2.75, 3.05) is 11.4 Å². The number of hydrogen-bond donors (Lipinski definition) is 0. The van der Waals surface area contributed by atoms with Crippen molar-refractivity contribution >= 4 is 27.8 Å². The van der Waals surface area contributed by atoms with E-state index in [1.807, 2.05) is 6.07 Å². The van der Waals surface area contributed by atoms with E-state index in [9.17, 15) is 0 Å². The number of furan rings is 1. The summed E-state index contributed by atoms with van der Waals surface area (Å²) in [6.45, 7) is 7.50. The molecule has 0 aliphatic carbocycles. The number of benzene rings is 1. The van der Waals surface area contributed by atoms with E-state index in [0.717, 1.165) is 28.6 Å². The van der Waals surface area contributed by atoms with E-state index in [1.54, 1.807) is 6.20 Å². The molecule has 4 nitrogen and oxygen atoms in total. The fourth-order valence-corrected chi connectivity index (χ4v) is 3.28. The molecule has 3 aromatic rings. The van der Waals surface area contributed by atoms with Crippen molar-refractivity contribution in [3.05, 3.63) is 48.4 Å². The highest BCUT2D eigenvalue weighted by Crippen LogP contribution is 2.38. The van der Waals surface area contributed by atoms with Gasteiger partial charge in [-0.25, -0.2) is 4.98 Å². The molecule has 0 saturated heterocycles.